The number of allylic oxidation sites excluding steroid dienone is 2. The average Bonchev–Trinajstić information content (AvgIpc) is 2.18. The summed E-state index contributed by atoms with van der Waals surface area (Å²) in [6.45, 7) is 1.75. The van der Waals surface area contributed by atoms with Crippen LogP contribution >= 0.6 is 15.9 Å². The van der Waals surface area contributed by atoms with E-state index < -0.39 is 0 Å². The summed E-state index contributed by atoms with van der Waals surface area (Å²) in [5, 5.41) is 9.62. The summed E-state index contributed by atoms with van der Waals surface area (Å²) < 4.78 is 0.568. The lowest BCUT2D eigenvalue weighted by atomic mass is 9.92. The van der Waals surface area contributed by atoms with Crippen LogP contribution in [0.3, 0.4) is 0 Å². The normalized spacial score (nSPS) is 14.3. The molecular formula is C11H7BrO3. The van der Waals surface area contributed by atoms with Crippen LogP contribution in [0.5, 0.6) is 5.75 Å². The summed E-state index contributed by atoms with van der Waals surface area (Å²) in [6.07, 6.45) is 2.39. The molecule has 0 saturated carbocycles. The summed E-state index contributed by atoms with van der Waals surface area (Å²) in [7, 11) is 0. The van der Waals surface area contributed by atoms with Crippen LogP contribution in [0.1, 0.15) is 26.3 Å². The van der Waals surface area contributed by atoms with Crippen molar-refractivity contribution in [1.82, 2.24) is 0 Å². The smallest absolute Gasteiger partial charge is 0.190 e. The van der Waals surface area contributed by atoms with Gasteiger partial charge in [-0.3, -0.25) is 9.59 Å². The number of ketones is 2. The van der Waals surface area contributed by atoms with Gasteiger partial charge >= 0.3 is 0 Å². The molecule has 1 aromatic rings. The van der Waals surface area contributed by atoms with E-state index in [0.29, 0.717) is 4.47 Å². The molecule has 0 amide bonds. The predicted molar refractivity (Wildman–Crippen MR) is 58.3 cm³/mol. The zero-order chi connectivity index (χ0) is 11.2. The van der Waals surface area contributed by atoms with E-state index in [-0.39, 0.29) is 28.4 Å². The number of aromatic hydroxyl groups is 1. The third-order valence-electron chi connectivity index (χ3n) is 2.30. The van der Waals surface area contributed by atoms with Gasteiger partial charge in [-0.25, -0.2) is 0 Å². The number of hydrogen-bond acceptors (Lipinski definition) is 3. The fourth-order valence-electron chi connectivity index (χ4n) is 1.57. The van der Waals surface area contributed by atoms with Gasteiger partial charge in [0.2, 0.25) is 0 Å². The highest BCUT2D eigenvalue weighted by molar-refractivity contribution is 9.10. The maximum absolute atomic E-state index is 11.6. The number of carbonyl (C=O) groups excluding carboxylic acids is 2. The molecule has 1 aliphatic rings. The molecule has 4 heteroatoms. The largest absolute Gasteiger partial charge is 0.507 e. The molecule has 0 fully saturated rings. The third-order valence-corrected chi connectivity index (χ3v) is 3.33. The first-order chi connectivity index (χ1) is 7.02. The number of rotatable bonds is 0. The Hall–Kier alpha value is -1.42. The van der Waals surface area contributed by atoms with Crippen LogP contribution in [0.15, 0.2) is 22.7 Å². The molecule has 0 heterocycles. The number of fused-ring (bicyclic) bond motifs is 1. The molecule has 0 atom stereocenters. The Balaban J connectivity index is 2.87. The average molecular weight is 267 g/mol. The molecule has 3 nitrogen and oxygen atoms in total. The molecule has 0 unspecified atom stereocenters. The molecule has 0 aliphatic heterocycles. The zero-order valence-corrected chi connectivity index (χ0v) is 9.46. The minimum atomic E-state index is -0.345. The van der Waals surface area contributed by atoms with Gasteiger partial charge in [0, 0.05) is 4.47 Å². The zero-order valence-electron chi connectivity index (χ0n) is 7.87. The molecule has 0 bridgehead atoms. The topological polar surface area (TPSA) is 54.4 Å². The first kappa shape index (κ1) is 10.1. The van der Waals surface area contributed by atoms with Crippen molar-refractivity contribution in [3.05, 3.63) is 39.4 Å². The molecule has 0 spiro atoms. The molecular weight excluding hydrogens is 260 g/mol. The van der Waals surface area contributed by atoms with E-state index in [1.54, 1.807) is 6.92 Å². The third kappa shape index (κ3) is 1.41. The maximum Gasteiger partial charge on any atom is 0.190 e. The Morgan fingerprint density at radius 2 is 1.67 bits per heavy atom. The van der Waals surface area contributed by atoms with E-state index in [1.165, 1.54) is 18.2 Å². The number of halogens is 1. The number of benzene rings is 1. The van der Waals surface area contributed by atoms with Crippen molar-refractivity contribution in [2.75, 3.05) is 0 Å². The van der Waals surface area contributed by atoms with Crippen LogP contribution in [0, 0.1) is 6.92 Å². The summed E-state index contributed by atoms with van der Waals surface area (Å²) in [5.74, 6) is -0.758. The van der Waals surface area contributed by atoms with Crippen LogP contribution in [-0.2, 0) is 0 Å². The van der Waals surface area contributed by atoms with Crippen LogP contribution in [0.2, 0.25) is 0 Å². The molecule has 76 valence electrons. The van der Waals surface area contributed by atoms with Crippen molar-refractivity contribution < 1.29 is 14.7 Å². The number of hydrogen-bond donors (Lipinski definition) is 1. The van der Waals surface area contributed by atoms with Crippen molar-refractivity contribution in [2.24, 2.45) is 0 Å². The summed E-state index contributed by atoms with van der Waals surface area (Å²) in [5.41, 5.74) is 1.06. The van der Waals surface area contributed by atoms with Gasteiger partial charge in [0.05, 0.1) is 11.1 Å². The second-order valence-corrected chi connectivity index (χ2v) is 4.13. The molecule has 0 radical (unpaired) electrons. The Morgan fingerprint density at radius 1 is 1.13 bits per heavy atom. The van der Waals surface area contributed by atoms with Crippen molar-refractivity contribution in [3.63, 3.8) is 0 Å². The Labute approximate surface area is 94.5 Å². The van der Waals surface area contributed by atoms with Crippen molar-refractivity contribution in [1.29, 1.82) is 0 Å². The van der Waals surface area contributed by atoms with E-state index in [1.807, 2.05) is 0 Å². The van der Waals surface area contributed by atoms with Gasteiger partial charge in [0.25, 0.3) is 0 Å². The predicted octanol–water partition coefficient (Wildman–Crippen LogP) is 2.40. The van der Waals surface area contributed by atoms with Crippen molar-refractivity contribution in [2.45, 2.75) is 6.92 Å². The lowest BCUT2D eigenvalue weighted by molar-refractivity contribution is 0.0991. The SMILES string of the molecule is Cc1cc(O)c2c(c1Br)C(=O)C=CC2=O. The fourth-order valence-corrected chi connectivity index (χ4v) is 2.08. The van der Waals surface area contributed by atoms with Crippen LogP contribution in [-0.4, -0.2) is 16.7 Å². The van der Waals surface area contributed by atoms with Crippen LogP contribution in [0.4, 0.5) is 0 Å². The second-order valence-electron chi connectivity index (χ2n) is 3.34. The maximum atomic E-state index is 11.6. The number of carbonyl (C=O) groups is 2. The standard InChI is InChI=1S/C11H7BrO3/c1-5-4-8(15)9-6(13)2-3-7(14)10(9)11(5)12/h2-4,15H,1H3. The fraction of sp³-hybridized carbons (Fsp3) is 0.0909. The summed E-state index contributed by atoms with van der Waals surface area (Å²) in [4.78, 5) is 23.1. The molecule has 0 saturated heterocycles. The quantitative estimate of drug-likeness (QED) is 0.785. The van der Waals surface area contributed by atoms with E-state index >= 15 is 0 Å². The van der Waals surface area contributed by atoms with Crippen molar-refractivity contribution in [3.8, 4) is 5.75 Å². The summed E-state index contributed by atoms with van der Waals surface area (Å²) >= 11 is 3.25. The number of phenolic OH excluding ortho intramolecular Hbond substituents is 1. The molecule has 2 rings (SSSR count). The van der Waals surface area contributed by atoms with Gasteiger partial charge in [-0.05, 0) is 46.6 Å². The second kappa shape index (κ2) is 3.31. The molecule has 0 aromatic heterocycles. The molecule has 1 aliphatic carbocycles. The monoisotopic (exact) mass is 266 g/mol. The first-order valence-corrected chi connectivity index (χ1v) is 5.10. The summed E-state index contributed by atoms with van der Waals surface area (Å²) in [6, 6.07) is 1.47. The Morgan fingerprint density at radius 3 is 2.27 bits per heavy atom. The van der Waals surface area contributed by atoms with Crippen LogP contribution in [0.25, 0.3) is 0 Å². The minimum Gasteiger partial charge on any atom is -0.507 e. The highest BCUT2D eigenvalue weighted by atomic mass is 79.9. The highest BCUT2D eigenvalue weighted by Crippen LogP contribution is 2.34. The molecule has 15 heavy (non-hydrogen) atoms. The van der Waals surface area contributed by atoms with Crippen LogP contribution < -0.4 is 0 Å². The highest BCUT2D eigenvalue weighted by Gasteiger charge is 2.26. The van der Waals surface area contributed by atoms with E-state index in [2.05, 4.69) is 15.9 Å². The molecule has 1 N–H and O–H groups in total. The lowest BCUT2D eigenvalue weighted by Gasteiger charge is -2.14. The van der Waals surface area contributed by atoms with E-state index in [0.717, 1.165) is 5.56 Å². The number of aryl methyl sites for hydroxylation is 1. The van der Waals surface area contributed by atoms with Gasteiger partial charge in [-0.2, -0.15) is 0 Å². The van der Waals surface area contributed by atoms with E-state index in [9.17, 15) is 14.7 Å². The first-order valence-electron chi connectivity index (χ1n) is 4.31. The Bertz CT molecular complexity index is 515. The van der Waals surface area contributed by atoms with Gasteiger partial charge in [-0.1, -0.05) is 0 Å². The lowest BCUT2D eigenvalue weighted by Crippen LogP contribution is -2.13. The Kier molecular flexibility index (Phi) is 2.23. The minimum absolute atomic E-state index is 0.0833. The van der Waals surface area contributed by atoms with Gasteiger partial charge < -0.3 is 5.11 Å². The number of phenols is 1. The van der Waals surface area contributed by atoms with Gasteiger partial charge in [0.1, 0.15) is 5.75 Å². The van der Waals surface area contributed by atoms with E-state index in [4.69, 9.17) is 0 Å². The van der Waals surface area contributed by atoms with Gasteiger partial charge in [0.15, 0.2) is 11.6 Å². The molecule has 1 aromatic carbocycles. The van der Waals surface area contributed by atoms with Crippen molar-refractivity contribution >= 4 is 27.5 Å². The van der Waals surface area contributed by atoms with Gasteiger partial charge in [-0.15, -0.1) is 0 Å².